The van der Waals surface area contributed by atoms with Crippen molar-refractivity contribution in [3.63, 3.8) is 0 Å². The van der Waals surface area contributed by atoms with Gasteiger partial charge in [-0.25, -0.2) is 0 Å². The molecule has 0 spiro atoms. The normalized spacial score (nSPS) is 10.6. The van der Waals surface area contributed by atoms with E-state index in [0.29, 0.717) is 30.5 Å². The van der Waals surface area contributed by atoms with Gasteiger partial charge in [-0.15, -0.1) is 0 Å². The summed E-state index contributed by atoms with van der Waals surface area (Å²) in [6.45, 7) is 4.78. The maximum absolute atomic E-state index is 12.2. The Morgan fingerprint density at radius 2 is 1.93 bits per heavy atom. The predicted molar refractivity (Wildman–Crippen MR) is 111 cm³/mol. The van der Waals surface area contributed by atoms with Gasteiger partial charge in [-0.05, 0) is 49.2 Å². The zero-order valence-electron chi connectivity index (χ0n) is 16.6. The van der Waals surface area contributed by atoms with E-state index in [1.54, 1.807) is 30.3 Å². The molecule has 2 aromatic rings. The summed E-state index contributed by atoms with van der Waals surface area (Å²) in [7, 11) is 1.53. The number of hydrogen-bond acceptors (Lipinski definition) is 6. The van der Waals surface area contributed by atoms with E-state index in [2.05, 4.69) is 5.32 Å². The molecule has 0 unspecified atom stereocenters. The van der Waals surface area contributed by atoms with Crippen LogP contribution in [0.3, 0.4) is 0 Å². The maximum atomic E-state index is 12.2. The SMILES string of the molecule is CCCOc1ccc(NC(=O)/C=C/c2ccc(OCC)c(OC)c2)c([N+](=O)[O-])c1. The van der Waals surface area contributed by atoms with Gasteiger partial charge in [-0.2, -0.15) is 0 Å². The largest absolute Gasteiger partial charge is 0.493 e. The molecule has 1 amide bonds. The van der Waals surface area contributed by atoms with Crippen LogP contribution in [0.1, 0.15) is 25.8 Å². The van der Waals surface area contributed by atoms with Gasteiger partial charge in [-0.3, -0.25) is 14.9 Å². The zero-order valence-corrected chi connectivity index (χ0v) is 16.6. The number of benzene rings is 2. The number of nitrogens with zero attached hydrogens (tertiary/aromatic N) is 1. The third kappa shape index (κ3) is 6.24. The Morgan fingerprint density at radius 3 is 2.59 bits per heavy atom. The van der Waals surface area contributed by atoms with Crippen molar-refractivity contribution in [2.45, 2.75) is 20.3 Å². The van der Waals surface area contributed by atoms with E-state index in [0.717, 1.165) is 12.0 Å². The summed E-state index contributed by atoms with van der Waals surface area (Å²) in [4.78, 5) is 23.0. The molecular weight excluding hydrogens is 376 g/mol. The molecule has 0 fully saturated rings. The van der Waals surface area contributed by atoms with Crippen molar-refractivity contribution in [3.05, 3.63) is 58.2 Å². The van der Waals surface area contributed by atoms with Gasteiger partial charge in [-0.1, -0.05) is 13.0 Å². The summed E-state index contributed by atoms with van der Waals surface area (Å²) in [5, 5.41) is 13.8. The zero-order chi connectivity index (χ0) is 21.2. The van der Waals surface area contributed by atoms with Gasteiger partial charge >= 0.3 is 0 Å². The molecule has 8 nitrogen and oxygen atoms in total. The van der Waals surface area contributed by atoms with E-state index < -0.39 is 10.8 Å². The minimum Gasteiger partial charge on any atom is -0.493 e. The number of carbonyl (C=O) groups is 1. The topological polar surface area (TPSA) is 99.9 Å². The standard InChI is InChI=1S/C21H24N2O6/c1-4-12-29-16-8-9-17(18(14-16)23(25)26)22-21(24)11-7-15-6-10-19(28-5-2)20(13-15)27-3/h6-11,13-14H,4-5,12H2,1-3H3,(H,22,24)/b11-7+. The summed E-state index contributed by atoms with van der Waals surface area (Å²) >= 11 is 0. The Hall–Kier alpha value is -3.55. The number of anilines is 1. The molecule has 8 heteroatoms. The summed E-state index contributed by atoms with van der Waals surface area (Å²) in [5.41, 5.74) is 0.583. The first kappa shape index (κ1) is 21.7. The fourth-order valence-electron chi connectivity index (χ4n) is 2.49. The number of rotatable bonds is 10. The van der Waals surface area contributed by atoms with Gasteiger partial charge in [0.25, 0.3) is 5.69 Å². The Kier molecular flexibility index (Phi) is 8.02. The maximum Gasteiger partial charge on any atom is 0.296 e. The second kappa shape index (κ2) is 10.7. The first-order valence-corrected chi connectivity index (χ1v) is 9.19. The van der Waals surface area contributed by atoms with Crippen LogP contribution in [-0.4, -0.2) is 31.2 Å². The molecular formula is C21H24N2O6. The van der Waals surface area contributed by atoms with E-state index in [1.165, 1.54) is 25.3 Å². The van der Waals surface area contributed by atoms with Crippen LogP contribution in [0, 0.1) is 10.1 Å². The van der Waals surface area contributed by atoms with E-state index >= 15 is 0 Å². The molecule has 0 saturated carbocycles. The van der Waals surface area contributed by atoms with Crippen molar-refractivity contribution in [1.29, 1.82) is 0 Å². The first-order chi connectivity index (χ1) is 14.0. The van der Waals surface area contributed by atoms with Gasteiger partial charge in [0.05, 0.1) is 31.3 Å². The fraction of sp³-hybridized carbons (Fsp3) is 0.286. The summed E-state index contributed by atoms with van der Waals surface area (Å²) in [6.07, 6.45) is 3.66. The Labute approximate surface area is 169 Å². The summed E-state index contributed by atoms with van der Waals surface area (Å²) in [6, 6.07) is 9.59. The van der Waals surface area contributed by atoms with E-state index in [1.807, 2.05) is 13.8 Å². The van der Waals surface area contributed by atoms with Crippen LogP contribution in [0.4, 0.5) is 11.4 Å². The number of methoxy groups -OCH3 is 1. The van der Waals surface area contributed by atoms with Gasteiger partial charge in [0.15, 0.2) is 11.5 Å². The molecule has 0 aliphatic heterocycles. The summed E-state index contributed by atoms with van der Waals surface area (Å²) in [5.74, 6) is 1.04. The van der Waals surface area contributed by atoms with E-state index in [4.69, 9.17) is 14.2 Å². The molecule has 29 heavy (non-hydrogen) atoms. The number of carbonyl (C=O) groups excluding carboxylic acids is 1. The molecule has 0 atom stereocenters. The van der Waals surface area contributed by atoms with Crippen LogP contribution in [-0.2, 0) is 4.79 Å². The molecule has 2 rings (SSSR count). The number of nitro groups is 1. The van der Waals surface area contributed by atoms with Gasteiger partial charge in [0.1, 0.15) is 11.4 Å². The lowest BCUT2D eigenvalue weighted by atomic mass is 10.2. The average molecular weight is 400 g/mol. The highest BCUT2D eigenvalue weighted by atomic mass is 16.6. The van der Waals surface area contributed by atoms with Crippen molar-refractivity contribution in [2.24, 2.45) is 0 Å². The Morgan fingerprint density at radius 1 is 1.14 bits per heavy atom. The van der Waals surface area contributed by atoms with Crippen LogP contribution in [0.5, 0.6) is 17.2 Å². The van der Waals surface area contributed by atoms with Crippen LogP contribution < -0.4 is 19.5 Å². The second-order valence-corrected chi connectivity index (χ2v) is 5.95. The number of amides is 1. The lowest BCUT2D eigenvalue weighted by Crippen LogP contribution is -2.10. The number of nitro benzene ring substituents is 1. The number of hydrogen-bond donors (Lipinski definition) is 1. The van der Waals surface area contributed by atoms with Crippen LogP contribution in [0.25, 0.3) is 6.08 Å². The lowest BCUT2D eigenvalue weighted by molar-refractivity contribution is -0.384. The quantitative estimate of drug-likeness (QED) is 0.359. The molecule has 0 bridgehead atoms. The Bertz CT molecular complexity index is 895. The van der Waals surface area contributed by atoms with Crippen molar-refractivity contribution < 1.29 is 23.9 Å². The number of nitrogens with one attached hydrogen (secondary N) is 1. The smallest absolute Gasteiger partial charge is 0.296 e. The van der Waals surface area contributed by atoms with Crippen molar-refractivity contribution >= 4 is 23.4 Å². The van der Waals surface area contributed by atoms with Crippen LogP contribution >= 0.6 is 0 Å². The van der Waals surface area contributed by atoms with Gasteiger partial charge in [0, 0.05) is 6.08 Å². The highest BCUT2D eigenvalue weighted by Crippen LogP contribution is 2.30. The molecule has 154 valence electrons. The van der Waals surface area contributed by atoms with Crippen molar-refractivity contribution in [2.75, 3.05) is 25.6 Å². The number of ether oxygens (including phenoxy) is 3. The molecule has 0 aliphatic rings. The Balaban J connectivity index is 2.13. The molecule has 0 heterocycles. The summed E-state index contributed by atoms with van der Waals surface area (Å²) < 4.78 is 16.1. The molecule has 0 radical (unpaired) electrons. The minimum absolute atomic E-state index is 0.0952. The fourth-order valence-corrected chi connectivity index (χ4v) is 2.49. The molecule has 0 aliphatic carbocycles. The monoisotopic (exact) mass is 400 g/mol. The molecule has 1 N–H and O–H groups in total. The van der Waals surface area contributed by atoms with Gasteiger partial charge in [0.2, 0.25) is 5.91 Å². The molecule has 2 aromatic carbocycles. The lowest BCUT2D eigenvalue weighted by Gasteiger charge is -2.09. The van der Waals surface area contributed by atoms with Crippen molar-refractivity contribution in [1.82, 2.24) is 0 Å². The third-order valence-corrected chi connectivity index (χ3v) is 3.81. The third-order valence-electron chi connectivity index (χ3n) is 3.81. The minimum atomic E-state index is -0.560. The van der Waals surface area contributed by atoms with E-state index in [9.17, 15) is 14.9 Å². The van der Waals surface area contributed by atoms with Crippen molar-refractivity contribution in [3.8, 4) is 17.2 Å². The highest BCUT2D eigenvalue weighted by Gasteiger charge is 2.16. The molecule has 0 aromatic heterocycles. The molecule has 0 saturated heterocycles. The predicted octanol–water partition coefficient (Wildman–Crippen LogP) is 4.44. The van der Waals surface area contributed by atoms with Crippen LogP contribution in [0.15, 0.2) is 42.5 Å². The van der Waals surface area contributed by atoms with E-state index in [-0.39, 0.29) is 11.4 Å². The first-order valence-electron chi connectivity index (χ1n) is 9.19. The average Bonchev–Trinajstić information content (AvgIpc) is 2.72. The van der Waals surface area contributed by atoms with Gasteiger partial charge < -0.3 is 19.5 Å². The highest BCUT2D eigenvalue weighted by molar-refractivity contribution is 6.03. The second-order valence-electron chi connectivity index (χ2n) is 5.95. The van der Waals surface area contributed by atoms with Crippen LogP contribution in [0.2, 0.25) is 0 Å².